The van der Waals surface area contributed by atoms with Crippen LogP contribution in [0.15, 0.2) is 0 Å². The van der Waals surface area contributed by atoms with Crippen molar-refractivity contribution in [1.82, 2.24) is 10.2 Å². The molecule has 0 spiro atoms. The van der Waals surface area contributed by atoms with E-state index in [1.807, 2.05) is 0 Å². The van der Waals surface area contributed by atoms with Gasteiger partial charge < -0.3 is 15.2 Å². The molecule has 1 saturated heterocycles. The Morgan fingerprint density at radius 1 is 1.20 bits per heavy atom. The van der Waals surface area contributed by atoms with Crippen molar-refractivity contribution in [3.05, 3.63) is 0 Å². The third-order valence-electron chi connectivity index (χ3n) is 6.60. The normalized spacial score (nSPS) is 29.6. The van der Waals surface area contributed by atoms with Crippen LogP contribution < -0.4 is 5.32 Å². The zero-order chi connectivity index (χ0) is 22.1. The van der Waals surface area contributed by atoms with E-state index in [1.165, 1.54) is 4.90 Å². The number of nitrogens with one attached hydrogen (secondary N) is 1. The van der Waals surface area contributed by atoms with Gasteiger partial charge in [0.05, 0.1) is 6.04 Å². The van der Waals surface area contributed by atoms with Gasteiger partial charge in [0.15, 0.2) is 5.78 Å². The van der Waals surface area contributed by atoms with Crippen molar-refractivity contribution in [2.24, 2.45) is 17.8 Å². The summed E-state index contributed by atoms with van der Waals surface area (Å²) in [5.74, 6) is -0.782. The fourth-order valence-corrected chi connectivity index (χ4v) is 5.21. The minimum absolute atomic E-state index is 0.0375. The standard InChI is InChI=1S/C22H34N2O6/c1-22(2,3)30-21(29)24-11-14-7-4-8-15(14)19(24)20(28)23-16(18(27)12-25)10-13-6-5-9-17(13)26/h13-16,19,25H,4-12H2,1-3H3,(H,23,28)/t13-,14-,15-,16-,19-/m0/s1. The first-order chi connectivity index (χ1) is 14.1. The quantitative estimate of drug-likeness (QED) is 0.675. The number of carbonyl (C=O) groups excluding carboxylic acids is 4. The van der Waals surface area contributed by atoms with Crippen LogP contribution in [-0.2, 0) is 19.1 Å². The predicted octanol–water partition coefficient (Wildman–Crippen LogP) is 1.83. The van der Waals surface area contributed by atoms with Gasteiger partial charge >= 0.3 is 6.09 Å². The molecule has 0 unspecified atom stereocenters. The molecule has 8 nitrogen and oxygen atoms in total. The molecule has 3 fully saturated rings. The zero-order valence-corrected chi connectivity index (χ0v) is 18.2. The summed E-state index contributed by atoms with van der Waals surface area (Å²) in [6.07, 6.45) is 4.49. The Bertz CT molecular complexity index is 700. The highest BCUT2D eigenvalue weighted by Gasteiger charge is 2.51. The van der Waals surface area contributed by atoms with Gasteiger partial charge in [0, 0.05) is 18.9 Å². The van der Waals surface area contributed by atoms with Crippen LogP contribution in [0, 0.1) is 17.8 Å². The van der Waals surface area contributed by atoms with Crippen molar-refractivity contribution in [3.63, 3.8) is 0 Å². The van der Waals surface area contributed by atoms with Gasteiger partial charge in [0.25, 0.3) is 0 Å². The molecule has 8 heteroatoms. The number of aliphatic hydroxyl groups excluding tert-OH is 1. The maximum absolute atomic E-state index is 13.3. The maximum Gasteiger partial charge on any atom is 0.410 e. The minimum Gasteiger partial charge on any atom is -0.444 e. The van der Waals surface area contributed by atoms with Crippen LogP contribution in [0.25, 0.3) is 0 Å². The third kappa shape index (κ3) is 5.02. The number of hydrogen-bond acceptors (Lipinski definition) is 6. The van der Waals surface area contributed by atoms with E-state index in [-0.39, 0.29) is 30.0 Å². The molecule has 3 aliphatic rings. The first-order valence-electron chi connectivity index (χ1n) is 11.1. The highest BCUT2D eigenvalue weighted by molar-refractivity contribution is 5.94. The number of ether oxygens (including phenoxy) is 1. The van der Waals surface area contributed by atoms with E-state index in [9.17, 15) is 24.3 Å². The van der Waals surface area contributed by atoms with E-state index in [0.717, 1.165) is 25.7 Å². The smallest absolute Gasteiger partial charge is 0.410 e. The summed E-state index contributed by atoms with van der Waals surface area (Å²) < 4.78 is 5.52. The molecule has 168 valence electrons. The van der Waals surface area contributed by atoms with E-state index in [2.05, 4.69) is 5.32 Å². The van der Waals surface area contributed by atoms with Gasteiger partial charge in [-0.1, -0.05) is 6.42 Å². The molecule has 3 rings (SSSR count). The van der Waals surface area contributed by atoms with Crippen molar-refractivity contribution in [1.29, 1.82) is 0 Å². The lowest BCUT2D eigenvalue weighted by atomic mass is 9.92. The number of hydrogen-bond donors (Lipinski definition) is 2. The van der Waals surface area contributed by atoms with Gasteiger partial charge in [-0.05, 0) is 64.7 Å². The molecule has 5 atom stereocenters. The molecule has 2 aliphatic carbocycles. The number of ketones is 2. The second-order valence-corrected chi connectivity index (χ2v) is 9.91. The Hall–Kier alpha value is -1.96. The Labute approximate surface area is 177 Å². The molecule has 0 bridgehead atoms. The average molecular weight is 423 g/mol. The Balaban J connectivity index is 1.75. The lowest BCUT2D eigenvalue weighted by molar-refractivity contribution is -0.133. The lowest BCUT2D eigenvalue weighted by Gasteiger charge is -2.31. The molecular formula is C22H34N2O6. The van der Waals surface area contributed by atoms with Crippen LogP contribution in [0.1, 0.15) is 65.7 Å². The molecule has 1 heterocycles. The summed E-state index contributed by atoms with van der Waals surface area (Å²) in [5.41, 5.74) is -0.673. The first-order valence-corrected chi connectivity index (χ1v) is 11.1. The summed E-state index contributed by atoms with van der Waals surface area (Å²) in [6.45, 7) is 5.12. The van der Waals surface area contributed by atoms with Crippen molar-refractivity contribution in [2.75, 3.05) is 13.2 Å². The van der Waals surface area contributed by atoms with Crippen LogP contribution in [0.3, 0.4) is 0 Å². The maximum atomic E-state index is 13.3. The summed E-state index contributed by atoms with van der Waals surface area (Å²) >= 11 is 0. The van der Waals surface area contributed by atoms with Crippen molar-refractivity contribution >= 4 is 23.6 Å². The number of nitrogens with zero attached hydrogens (tertiary/aromatic N) is 1. The molecule has 0 aromatic rings. The molecule has 0 aromatic heterocycles. The van der Waals surface area contributed by atoms with Crippen molar-refractivity contribution in [3.8, 4) is 0 Å². The van der Waals surface area contributed by atoms with E-state index >= 15 is 0 Å². The molecule has 2 N–H and O–H groups in total. The molecule has 0 radical (unpaired) electrons. The molecule has 30 heavy (non-hydrogen) atoms. The Kier molecular flexibility index (Phi) is 6.84. The third-order valence-corrected chi connectivity index (χ3v) is 6.60. The first kappa shape index (κ1) is 22.7. The second kappa shape index (κ2) is 9.04. The molecule has 0 aromatic carbocycles. The SMILES string of the molecule is CC(C)(C)OC(=O)N1C[C@@H]2CCC[C@@H]2[C@H]1C(=O)N[C@@H](C[C@@H]1CCCC1=O)C(=O)CO. The fourth-order valence-electron chi connectivity index (χ4n) is 5.21. The van der Waals surface area contributed by atoms with E-state index in [0.29, 0.717) is 19.4 Å². The number of fused-ring (bicyclic) bond motifs is 1. The fraction of sp³-hybridized carbons (Fsp3) is 0.818. The molecule has 1 aliphatic heterocycles. The summed E-state index contributed by atoms with van der Waals surface area (Å²) in [7, 11) is 0. The number of Topliss-reactive ketones (excluding diaryl/α,β-unsaturated/α-hetero) is 2. The number of amides is 2. The Morgan fingerprint density at radius 2 is 1.93 bits per heavy atom. The number of carbonyl (C=O) groups is 4. The van der Waals surface area contributed by atoms with Gasteiger partial charge in [0.1, 0.15) is 24.0 Å². The van der Waals surface area contributed by atoms with Gasteiger partial charge in [0.2, 0.25) is 5.91 Å². The van der Waals surface area contributed by atoms with Gasteiger partial charge in [-0.25, -0.2) is 4.79 Å². The highest BCUT2D eigenvalue weighted by Crippen LogP contribution is 2.42. The van der Waals surface area contributed by atoms with Gasteiger partial charge in [-0.2, -0.15) is 0 Å². The molecule has 2 saturated carbocycles. The summed E-state index contributed by atoms with van der Waals surface area (Å²) in [6, 6.07) is -1.61. The number of rotatable bonds is 6. The van der Waals surface area contributed by atoms with Gasteiger partial charge in [-0.15, -0.1) is 0 Å². The number of aliphatic hydroxyl groups is 1. The van der Waals surface area contributed by atoms with Crippen LogP contribution in [0.2, 0.25) is 0 Å². The summed E-state index contributed by atoms with van der Waals surface area (Å²) in [4.78, 5) is 51.9. The lowest BCUT2D eigenvalue weighted by Crippen LogP contribution is -2.54. The van der Waals surface area contributed by atoms with Crippen molar-refractivity contribution < 1.29 is 29.0 Å². The topological polar surface area (TPSA) is 113 Å². The highest BCUT2D eigenvalue weighted by atomic mass is 16.6. The number of likely N-dealkylation sites (tertiary alicyclic amines) is 1. The van der Waals surface area contributed by atoms with E-state index in [1.54, 1.807) is 20.8 Å². The van der Waals surface area contributed by atoms with E-state index in [4.69, 9.17) is 4.74 Å². The second-order valence-electron chi connectivity index (χ2n) is 9.91. The van der Waals surface area contributed by atoms with E-state index < -0.39 is 42.1 Å². The summed E-state index contributed by atoms with van der Waals surface area (Å²) in [5, 5.41) is 12.1. The zero-order valence-electron chi connectivity index (χ0n) is 18.2. The van der Waals surface area contributed by atoms with Gasteiger partial charge in [-0.3, -0.25) is 19.3 Å². The largest absolute Gasteiger partial charge is 0.444 e. The Morgan fingerprint density at radius 3 is 2.53 bits per heavy atom. The average Bonchev–Trinajstić information content (AvgIpc) is 3.34. The molecule has 2 amide bonds. The monoisotopic (exact) mass is 422 g/mol. The van der Waals surface area contributed by atoms with Crippen LogP contribution in [0.5, 0.6) is 0 Å². The molecular weight excluding hydrogens is 388 g/mol. The van der Waals surface area contributed by atoms with Crippen LogP contribution >= 0.6 is 0 Å². The van der Waals surface area contributed by atoms with Crippen molar-refractivity contribution in [2.45, 2.75) is 83.4 Å². The minimum atomic E-state index is -0.921. The van der Waals surface area contributed by atoms with Crippen LogP contribution in [-0.4, -0.2) is 64.4 Å². The van der Waals surface area contributed by atoms with Crippen LogP contribution in [0.4, 0.5) is 4.79 Å². The predicted molar refractivity (Wildman–Crippen MR) is 109 cm³/mol.